The highest BCUT2D eigenvalue weighted by Gasteiger charge is 2.29. The van der Waals surface area contributed by atoms with Crippen molar-refractivity contribution in [2.45, 2.75) is 0 Å². The largest absolute Gasteiger partial charge is 0.452 e. The van der Waals surface area contributed by atoms with E-state index < -0.39 is 18.5 Å². The SMILES string of the molecule is O=C(COC(=O)c1cccnc1Cl)NCCN1C(=O)CSC1=O. The van der Waals surface area contributed by atoms with Crippen molar-refractivity contribution in [1.82, 2.24) is 15.2 Å². The summed E-state index contributed by atoms with van der Waals surface area (Å²) >= 11 is 6.66. The number of rotatable bonds is 6. The number of carbonyl (C=O) groups is 4. The van der Waals surface area contributed by atoms with Crippen molar-refractivity contribution in [2.24, 2.45) is 0 Å². The third-order valence-corrected chi connectivity index (χ3v) is 3.97. The maximum absolute atomic E-state index is 11.7. The Hall–Kier alpha value is -2.13. The average molecular weight is 358 g/mol. The van der Waals surface area contributed by atoms with Gasteiger partial charge in [0.2, 0.25) is 5.91 Å². The van der Waals surface area contributed by atoms with Gasteiger partial charge < -0.3 is 10.1 Å². The van der Waals surface area contributed by atoms with Crippen molar-refractivity contribution in [2.75, 3.05) is 25.4 Å². The van der Waals surface area contributed by atoms with Crippen molar-refractivity contribution >= 4 is 46.4 Å². The predicted molar refractivity (Wildman–Crippen MR) is 82.1 cm³/mol. The van der Waals surface area contributed by atoms with E-state index in [1.165, 1.54) is 18.3 Å². The normalized spacial score (nSPS) is 14.0. The Morgan fingerprint density at radius 2 is 2.22 bits per heavy atom. The number of aromatic nitrogens is 1. The van der Waals surface area contributed by atoms with Crippen LogP contribution in [0.4, 0.5) is 4.79 Å². The quantitative estimate of drug-likeness (QED) is 0.590. The van der Waals surface area contributed by atoms with E-state index in [-0.39, 0.29) is 40.7 Å². The average Bonchev–Trinajstić information content (AvgIpc) is 2.85. The van der Waals surface area contributed by atoms with E-state index >= 15 is 0 Å². The summed E-state index contributed by atoms with van der Waals surface area (Å²) in [5.41, 5.74) is 0.0623. The summed E-state index contributed by atoms with van der Waals surface area (Å²) in [6, 6.07) is 2.95. The second-order valence-electron chi connectivity index (χ2n) is 4.37. The van der Waals surface area contributed by atoms with Crippen molar-refractivity contribution in [3.8, 4) is 0 Å². The van der Waals surface area contributed by atoms with E-state index in [4.69, 9.17) is 16.3 Å². The van der Waals surface area contributed by atoms with Gasteiger partial charge in [0.05, 0.1) is 11.3 Å². The fourth-order valence-corrected chi connectivity index (χ4v) is 2.65. The zero-order chi connectivity index (χ0) is 16.8. The molecule has 0 aliphatic carbocycles. The monoisotopic (exact) mass is 357 g/mol. The van der Waals surface area contributed by atoms with Gasteiger partial charge in [0, 0.05) is 19.3 Å². The van der Waals surface area contributed by atoms with E-state index in [1.54, 1.807) is 0 Å². The lowest BCUT2D eigenvalue weighted by atomic mass is 10.3. The lowest BCUT2D eigenvalue weighted by Gasteiger charge is -2.13. The number of amides is 3. The second-order valence-corrected chi connectivity index (χ2v) is 5.65. The maximum atomic E-state index is 11.7. The molecule has 0 saturated carbocycles. The molecular weight excluding hydrogens is 346 g/mol. The minimum absolute atomic E-state index is 0.0125. The van der Waals surface area contributed by atoms with E-state index in [9.17, 15) is 19.2 Å². The third-order valence-electron chi connectivity index (χ3n) is 2.81. The number of esters is 1. The highest BCUT2D eigenvalue weighted by atomic mass is 35.5. The van der Waals surface area contributed by atoms with Crippen LogP contribution in [0.15, 0.2) is 18.3 Å². The first kappa shape index (κ1) is 17.2. The minimum atomic E-state index is -0.764. The van der Waals surface area contributed by atoms with Gasteiger partial charge in [-0.2, -0.15) is 0 Å². The van der Waals surface area contributed by atoms with Gasteiger partial charge in [0.1, 0.15) is 5.15 Å². The molecule has 23 heavy (non-hydrogen) atoms. The smallest absolute Gasteiger partial charge is 0.341 e. The molecule has 3 amide bonds. The molecule has 1 aromatic rings. The summed E-state index contributed by atoms with van der Waals surface area (Å²) in [5.74, 6) is -1.48. The fourth-order valence-electron chi connectivity index (χ4n) is 1.70. The molecule has 1 saturated heterocycles. The maximum Gasteiger partial charge on any atom is 0.341 e. The Morgan fingerprint density at radius 1 is 1.43 bits per heavy atom. The number of nitrogens with one attached hydrogen (secondary N) is 1. The van der Waals surface area contributed by atoms with E-state index in [0.717, 1.165) is 16.7 Å². The number of imide groups is 1. The zero-order valence-electron chi connectivity index (χ0n) is 11.8. The number of ether oxygens (including phenoxy) is 1. The molecule has 8 nitrogen and oxygen atoms in total. The molecule has 2 rings (SSSR count). The number of nitrogens with zero attached hydrogens (tertiary/aromatic N) is 2. The minimum Gasteiger partial charge on any atom is -0.452 e. The van der Waals surface area contributed by atoms with Crippen LogP contribution in [0.2, 0.25) is 5.15 Å². The van der Waals surface area contributed by atoms with Crippen molar-refractivity contribution in [1.29, 1.82) is 0 Å². The van der Waals surface area contributed by atoms with Gasteiger partial charge in [-0.25, -0.2) is 9.78 Å². The van der Waals surface area contributed by atoms with Gasteiger partial charge in [-0.05, 0) is 12.1 Å². The molecule has 10 heteroatoms. The topological polar surface area (TPSA) is 106 Å². The lowest BCUT2D eigenvalue weighted by Crippen LogP contribution is -2.38. The number of carbonyl (C=O) groups excluding carboxylic acids is 4. The van der Waals surface area contributed by atoms with E-state index in [1.807, 2.05) is 0 Å². The second kappa shape index (κ2) is 7.93. The summed E-state index contributed by atoms with van der Waals surface area (Å²) in [6.07, 6.45) is 1.42. The molecule has 1 fully saturated rings. The Bertz CT molecular complexity index is 638. The van der Waals surface area contributed by atoms with Crippen molar-refractivity contribution < 1.29 is 23.9 Å². The highest BCUT2D eigenvalue weighted by molar-refractivity contribution is 8.14. The first-order valence-corrected chi connectivity index (χ1v) is 7.87. The van der Waals surface area contributed by atoms with Crippen LogP contribution < -0.4 is 5.32 Å². The van der Waals surface area contributed by atoms with Gasteiger partial charge in [0.25, 0.3) is 11.1 Å². The van der Waals surface area contributed by atoms with Crippen molar-refractivity contribution in [3.05, 3.63) is 29.0 Å². The van der Waals surface area contributed by atoms with Crippen LogP contribution in [-0.2, 0) is 14.3 Å². The van der Waals surface area contributed by atoms with Crippen LogP contribution >= 0.6 is 23.4 Å². The van der Waals surface area contributed by atoms with Crippen LogP contribution in [0, 0.1) is 0 Å². The van der Waals surface area contributed by atoms with E-state index in [2.05, 4.69) is 10.3 Å². The molecule has 0 aromatic carbocycles. The molecular formula is C13H12ClN3O5S. The Balaban J connectivity index is 1.71. The zero-order valence-corrected chi connectivity index (χ0v) is 13.4. The first-order chi connectivity index (χ1) is 11.0. The molecule has 122 valence electrons. The van der Waals surface area contributed by atoms with Crippen molar-refractivity contribution in [3.63, 3.8) is 0 Å². The van der Waals surface area contributed by atoms with Gasteiger partial charge >= 0.3 is 5.97 Å². The molecule has 2 heterocycles. The van der Waals surface area contributed by atoms with Crippen LogP contribution in [0.25, 0.3) is 0 Å². The summed E-state index contributed by atoms with van der Waals surface area (Å²) in [7, 11) is 0. The predicted octanol–water partition coefficient (Wildman–Crippen LogP) is 0.703. The molecule has 0 atom stereocenters. The number of pyridine rings is 1. The molecule has 0 spiro atoms. The number of halogens is 1. The Labute approximate surface area is 140 Å². The van der Waals surface area contributed by atoms with Gasteiger partial charge in [-0.1, -0.05) is 23.4 Å². The molecule has 1 aliphatic rings. The first-order valence-electron chi connectivity index (χ1n) is 6.50. The van der Waals surface area contributed by atoms with Crippen LogP contribution in [0.1, 0.15) is 10.4 Å². The number of thioether (sulfide) groups is 1. The molecule has 0 bridgehead atoms. The van der Waals surface area contributed by atoms with Crippen LogP contribution in [0.5, 0.6) is 0 Å². The Morgan fingerprint density at radius 3 is 2.87 bits per heavy atom. The van der Waals surface area contributed by atoms with E-state index in [0.29, 0.717) is 0 Å². The third kappa shape index (κ3) is 4.67. The fraction of sp³-hybridized carbons (Fsp3) is 0.308. The molecule has 0 radical (unpaired) electrons. The van der Waals surface area contributed by atoms with Crippen LogP contribution in [0.3, 0.4) is 0 Å². The number of hydrogen-bond acceptors (Lipinski definition) is 7. The standard InChI is InChI=1S/C13H12ClN3O5S/c14-11-8(2-1-3-16-11)12(20)22-6-9(18)15-4-5-17-10(19)7-23-13(17)21/h1-3H,4-7H2,(H,15,18). The number of hydrogen-bond donors (Lipinski definition) is 1. The Kier molecular flexibility index (Phi) is 5.94. The van der Waals surface area contributed by atoms with Crippen LogP contribution in [-0.4, -0.2) is 58.4 Å². The lowest BCUT2D eigenvalue weighted by molar-refractivity contribution is -0.126. The molecule has 0 unspecified atom stereocenters. The van der Waals surface area contributed by atoms with Gasteiger partial charge in [-0.15, -0.1) is 0 Å². The van der Waals surface area contributed by atoms with Gasteiger partial charge in [-0.3, -0.25) is 19.3 Å². The molecule has 1 aromatic heterocycles. The molecule has 1 N–H and O–H groups in total. The van der Waals surface area contributed by atoms with Gasteiger partial charge in [0.15, 0.2) is 6.61 Å². The summed E-state index contributed by atoms with van der Waals surface area (Å²) < 4.78 is 4.81. The highest BCUT2D eigenvalue weighted by Crippen LogP contribution is 2.17. The summed E-state index contributed by atoms with van der Waals surface area (Å²) in [4.78, 5) is 50.8. The summed E-state index contributed by atoms with van der Waals surface area (Å²) in [5, 5.41) is 2.11. The summed E-state index contributed by atoms with van der Waals surface area (Å²) in [6.45, 7) is -0.332. The molecule has 1 aliphatic heterocycles.